The minimum Gasteiger partial charge on any atom is -0.372 e. The molecule has 0 radical (unpaired) electrons. The molecule has 5 nitrogen and oxygen atoms in total. The average Bonchev–Trinajstić information content (AvgIpc) is 2.46. The monoisotopic (exact) mass is 261 g/mol. The number of amides is 2. The molecule has 1 heterocycles. The maximum atomic E-state index is 11.1. The first-order valence-electron chi connectivity index (χ1n) is 6.58. The number of nitrogens with one attached hydrogen (secondary N) is 1. The van der Waals surface area contributed by atoms with Crippen molar-refractivity contribution >= 4 is 17.5 Å². The van der Waals surface area contributed by atoms with Crippen LogP contribution < -0.4 is 16.0 Å². The second kappa shape index (κ2) is 6.22. The first-order chi connectivity index (χ1) is 9.16. The molecule has 2 rings (SSSR count). The highest BCUT2D eigenvalue weighted by Gasteiger charge is 2.12. The largest absolute Gasteiger partial charge is 0.372 e. The fourth-order valence-corrected chi connectivity index (χ4v) is 2.28. The van der Waals surface area contributed by atoms with Crippen LogP contribution in [0, 0.1) is 0 Å². The number of hydrogen-bond acceptors (Lipinski definition) is 3. The summed E-state index contributed by atoms with van der Waals surface area (Å²) in [6.45, 7) is 2.48. The minimum absolute atomic E-state index is 0.323. The van der Waals surface area contributed by atoms with Crippen LogP contribution in [0.15, 0.2) is 24.3 Å². The number of hydrogen-bond donors (Lipinski definition) is 2. The van der Waals surface area contributed by atoms with Gasteiger partial charge in [0, 0.05) is 25.3 Å². The van der Waals surface area contributed by atoms with Crippen LogP contribution in [-0.2, 0) is 16.1 Å². The summed E-state index contributed by atoms with van der Waals surface area (Å²) in [5.41, 5.74) is 7.03. The zero-order chi connectivity index (χ0) is 13.7. The van der Waals surface area contributed by atoms with Crippen LogP contribution in [0.2, 0.25) is 0 Å². The van der Waals surface area contributed by atoms with Gasteiger partial charge in [-0.25, -0.2) is 0 Å². The molecule has 0 spiro atoms. The van der Waals surface area contributed by atoms with Crippen molar-refractivity contribution in [1.29, 1.82) is 0 Å². The van der Waals surface area contributed by atoms with E-state index in [1.165, 1.54) is 24.9 Å². The van der Waals surface area contributed by atoms with Gasteiger partial charge in [0.15, 0.2) is 0 Å². The van der Waals surface area contributed by atoms with E-state index in [1.54, 1.807) is 0 Å². The first kappa shape index (κ1) is 13.4. The molecule has 1 fully saturated rings. The van der Waals surface area contributed by atoms with Crippen LogP contribution in [-0.4, -0.2) is 24.9 Å². The molecule has 1 saturated heterocycles. The summed E-state index contributed by atoms with van der Waals surface area (Å²) in [4.78, 5) is 24.1. The van der Waals surface area contributed by atoms with Crippen molar-refractivity contribution in [2.24, 2.45) is 5.73 Å². The zero-order valence-corrected chi connectivity index (χ0v) is 10.9. The van der Waals surface area contributed by atoms with Gasteiger partial charge < -0.3 is 16.0 Å². The van der Waals surface area contributed by atoms with E-state index in [0.717, 1.165) is 18.7 Å². The highest BCUT2D eigenvalue weighted by Crippen LogP contribution is 2.20. The van der Waals surface area contributed by atoms with Gasteiger partial charge in [0.05, 0.1) is 0 Å². The second-order valence-corrected chi connectivity index (χ2v) is 4.76. The molecular formula is C14H19N3O2. The summed E-state index contributed by atoms with van der Waals surface area (Å²) < 4.78 is 0. The Balaban J connectivity index is 1.98. The molecule has 0 unspecified atom stereocenters. The Kier molecular flexibility index (Phi) is 4.39. The number of nitrogens with two attached hydrogens (primary N) is 1. The molecule has 19 heavy (non-hydrogen) atoms. The quantitative estimate of drug-likeness (QED) is 0.789. The van der Waals surface area contributed by atoms with Crippen LogP contribution >= 0.6 is 0 Å². The van der Waals surface area contributed by atoms with Gasteiger partial charge in [-0.05, 0) is 37.0 Å². The topological polar surface area (TPSA) is 75.4 Å². The standard InChI is InChI=1S/C14H19N3O2/c15-13(18)14(19)16-10-11-5-4-6-12(9-11)17-7-2-1-3-8-17/h4-6,9H,1-3,7-8,10H2,(H2,15,18)(H,16,19). The third-order valence-corrected chi connectivity index (χ3v) is 3.31. The lowest BCUT2D eigenvalue weighted by atomic mass is 10.1. The van der Waals surface area contributed by atoms with Gasteiger partial charge in [0.2, 0.25) is 0 Å². The summed E-state index contributed by atoms with van der Waals surface area (Å²) in [5, 5.41) is 2.50. The van der Waals surface area contributed by atoms with Crippen molar-refractivity contribution in [3.05, 3.63) is 29.8 Å². The van der Waals surface area contributed by atoms with E-state index in [-0.39, 0.29) is 0 Å². The molecule has 1 aliphatic heterocycles. The fraction of sp³-hybridized carbons (Fsp3) is 0.429. The summed E-state index contributed by atoms with van der Waals surface area (Å²) >= 11 is 0. The van der Waals surface area contributed by atoms with E-state index in [4.69, 9.17) is 5.73 Å². The number of nitrogens with zero attached hydrogens (tertiary/aromatic N) is 1. The molecule has 0 bridgehead atoms. The summed E-state index contributed by atoms with van der Waals surface area (Å²) in [7, 11) is 0. The van der Waals surface area contributed by atoms with Gasteiger partial charge in [-0.3, -0.25) is 9.59 Å². The third-order valence-electron chi connectivity index (χ3n) is 3.31. The number of rotatable bonds is 3. The maximum absolute atomic E-state index is 11.1. The van der Waals surface area contributed by atoms with E-state index in [1.807, 2.05) is 18.2 Å². The molecule has 3 N–H and O–H groups in total. The van der Waals surface area contributed by atoms with Gasteiger partial charge >= 0.3 is 11.8 Å². The van der Waals surface area contributed by atoms with Crippen molar-refractivity contribution in [3.63, 3.8) is 0 Å². The molecule has 5 heteroatoms. The Morgan fingerprint density at radius 3 is 2.63 bits per heavy atom. The molecule has 102 valence electrons. The third kappa shape index (κ3) is 3.71. The smallest absolute Gasteiger partial charge is 0.309 e. The van der Waals surface area contributed by atoms with E-state index in [9.17, 15) is 9.59 Å². The van der Waals surface area contributed by atoms with E-state index in [2.05, 4.69) is 16.3 Å². The Hall–Kier alpha value is -2.04. The van der Waals surface area contributed by atoms with Crippen LogP contribution in [0.1, 0.15) is 24.8 Å². The lowest BCUT2D eigenvalue weighted by Crippen LogP contribution is -2.35. The average molecular weight is 261 g/mol. The summed E-state index contributed by atoms with van der Waals surface area (Å²) in [6, 6.07) is 8.02. The predicted octanol–water partition coefficient (Wildman–Crippen LogP) is 0.778. The number of carbonyl (C=O) groups excluding carboxylic acids is 2. The number of piperidine rings is 1. The second-order valence-electron chi connectivity index (χ2n) is 4.76. The summed E-state index contributed by atoms with van der Waals surface area (Å²) in [6.07, 6.45) is 3.75. The minimum atomic E-state index is -0.952. The molecule has 2 amide bonds. The molecule has 0 atom stereocenters. The van der Waals surface area contributed by atoms with E-state index < -0.39 is 11.8 Å². The lowest BCUT2D eigenvalue weighted by Gasteiger charge is -2.29. The van der Waals surface area contributed by atoms with Crippen molar-refractivity contribution in [3.8, 4) is 0 Å². The highest BCUT2D eigenvalue weighted by atomic mass is 16.2. The lowest BCUT2D eigenvalue weighted by molar-refractivity contribution is -0.137. The highest BCUT2D eigenvalue weighted by molar-refractivity contribution is 6.34. The van der Waals surface area contributed by atoms with Gasteiger partial charge in [-0.1, -0.05) is 12.1 Å². The molecule has 1 aromatic carbocycles. The zero-order valence-electron chi connectivity index (χ0n) is 10.9. The van der Waals surface area contributed by atoms with E-state index in [0.29, 0.717) is 6.54 Å². The van der Waals surface area contributed by atoms with Crippen molar-refractivity contribution in [2.45, 2.75) is 25.8 Å². The Labute approximate surface area is 112 Å². The number of carbonyl (C=O) groups is 2. The number of benzene rings is 1. The predicted molar refractivity (Wildman–Crippen MR) is 73.5 cm³/mol. The van der Waals surface area contributed by atoms with Crippen LogP contribution in [0.4, 0.5) is 5.69 Å². The first-order valence-corrected chi connectivity index (χ1v) is 6.58. The fourth-order valence-electron chi connectivity index (χ4n) is 2.28. The molecule has 1 aromatic rings. The molecular weight excluding hydrogens is 242 g/mol. The van der Waals surface area contributed by atoms with Crippen LogP contribution in [0.25, 0.3) is 0 Å². The Morgan fingerprint density at radius 2 is 1.95 bits per heavy atom. The number of primary amides is 1. The molecule has 0 aliphatic carbocycles. The molecule has 0 saturated carbocycles. The van der Waals surface area contributed by atoms with Crippen LogP contribution in [0.5, 0.6) is 0 Å². The Bertz CT molecular complexity index is 468. The normalized spacial score (nSPS) is 15.1. The van der Waals surface area contributed by atoms with Gasteiger partial charge in [-0.15, -0.1) is 0 Å². The van der Waals surface area contributed by atoms with E-state index >= 15 is 0 Å². The van der Waals surface area contributed by atoms with Crippen molar-refractivity contribution < 1.29 is 9.59 Å². The Morgan fingerprint density at radius 1 is 1.21 bits per heavy atom. The van der Waals surface area contributed by atoms with Crippen molar-refractivity contribution in [2.75, 3.05) is 18.0 Å². The maximum Gasteiger partial charge on any atom is 0.309 e. The van der Waals surface area contributed by atoms with Crippen molar-refractivity contribution in [1.82, 2.24) is 5.32 Å². The van der Waals surface area contributed by atoms with Gasteiger partial charge in [0.25, 0.3) is 0 Å². The molecule has 1 aliphatic rings. The molecule has 0 aromatic heterocycles. The number of anilines is 1. The van der Waals surface area contributed by atoms with Gasteiger partial charge in [0.1, 0.15) is 0 Å². The van der Waals surface area contributed by atoms with Gasteiger partial charge in [-0.2, -0.15) is 0 Å². The van der Waals surface area contributed by atoms with Crippen LogP contribution in [0.3, 0.4) is 0 Å². The SMILES string of the molecule is NC(=O)C(=O)NCc1cccc(N2CCCCC2)c1. The summed E-state index contributed by atoms with van der Waals surface area (Å²) in [5.74, 6) is -1.70.